The SMILES string of the molecule is CC(N)=NC(=[NH2+])/C(C)=C(/C)C(=N)N1CCC(Oc2cc[c-]cc2)CC1.[Hf]. The van der Waals surface area contributed by atoms with Crippen LogP contribution in [0.5, 0.6) is 5.75 Å². The Balaban J connectivity index is 0.00000338. The van der Waals surface area contributed by atoms with E-state index in [1.54, 1.807) is 6.92 Å². The second kappa shape index (κ2) is 10.4. The van der Waals surface area contributed by atoms with Crippen LogP contribution in [0.3, 0.4) is 0 Å². The normalized spacial score (nSPS) is 16.4. The summed E-state index contributed by atoms with van der Waals surface area (Å²) in [4.78, 5) is 6.14. The van der Waals surface area contributed by atoms with Gasteiger partial charge in [-0.25, -0.2) is 0 Å². The minimum absolute atomic E-state index is 0. The Morgan fingerprint density at radius 3 is 2.35 bits per heavy atom. The molecule has 0 amide bonds. The number of ether oxygens (including phenoxy) is 1. The second-order valence-corrected chi connectivity index (χ2v) is 6.28. The van der Waals surface area contributed by atoms with Crippen molar-refractivity contribution in [2.24, 2.45) is 10.7 Å². The molecular formula is C19H27HfN5O. The van der Waals surface area contributed by atoms with Crippen LogP contribution in [0.15, 0.2) is 40.4 Å². The van der Waals surface area contributed by atoms with E-state index in [4.69, 9.17) is 21.3 Å². The summed E-state index contributed by atoms with van der Waals surface area (Å²) < 4.78 is 5.99. The van der Waals surface area contributed by atoms with Crippen LogP contribution in [0.2, 0.25) is 0 Å². The van der Waals surface area contributed by atoms with Crippen molar-refractivity contribution in [3.8, 4) is 5.75 Å². The molecule has 1 aromatic rings. The van der Waals surface area contributed by atoms with Gasteiger partial charge < -0.3 is 15.4 Å². The molecule has 1 aliphatic rings. The van der Waals surface area contributed by atoms with Crippen molar-refractivity contribution in [3.63, 3.8) is 0 Å². The zero-order valence-corrected chi connectivity index (χ0v) is 19.3. The summed E-state index contributed by atoms with van der Waals surface area (Å²) in [6.07, 6.45) is 1.94. The Bertz CT molecular complexity index is 687. The van der Waals surface area contributed by atoms with Gasteiger partial charge in [-0.2, -0.15) is 18.2 Å². The maximum atomic E-state index is 8.46. The molecule has 5 N–H and O–H groups in total. The van der Waals surface area contributed by atoms with Crippen LogP contribution in [0.1, 0.15) is 33.6 Å². The number of aliphatic imine (C=N–C) groups is 1. The van der Waals surface area contributed by atoms with E-state index in [9.17, 15) is 0 Å². The second-order valence-electron chi connectivity index (χ2n) is 6.28. The van der Waals surface area contributed by atoms with E-state index >= 15 is 0 Å². The van der Waals surface area contributed by atoms with Crippen LogP contribution in [0.25, 0.3) is 0 Å². The molecule has 26 heavy (non-hydrogen) atoms. The summed E-state index contributed by atoms with van der Waals surface area (Å²) in [7, 11) is 0. The third-order valence-corrected chi connectivity index (χ3v) is 4.35. The first-order chi connectivity index (χ1) is 11.9. The van der Waals surface area contributed by atoms with E-state index in [1.165, 1.54) is 0 Å². The van der Waals surface area contributed by atoms with E-state index < -0.39 is 0 Å². The Labute approximate surface area is 174 Å². The molecule has 1 fully saturated rings. The predicted molar refractivity (Wildman–Crippen MR) is 101 cm³/mol. The summed E-state index contributed by atoms with van der Waals surface area (Å²) in [6, 6.07) is 10.5. The summed E-state index contributed by atoms with van der Waals surface area (Å²) >= 11 is 0. The molecule has 0 aliphatic carbocycles. The minimum atomic E-state index is 0. The first-order valence-electron chi connectivity index (χ1n) is 8.46. The molecule has 0 aromatic heterocycles. The van der Waals surface area contributed by atoms with Gasteiger partial charge in [-0.05, 0) is 18.8 Å². The van der Waals surface area contributed by atoms with E-state index in [0.717, 1.165) is 42.8 Å². The van der Waals surface area contributed by atoms with E-state index in [-0.39, 0.29) is 31.9 Å². The van der Waals surface area contributed by atoms with Crippen molar-refractivity contribution in [1.82, 2.24) is 4.90 Å². The Hall–Kier alpha value is -1.76. The number of likely N-dealkylation sites (tertiary alicyclic amines) is 1. The standard InChI is InChI=1S/C19H26N5O.Hf/c1-13(18(21)23-15(3)20)14(2)19(22)24-11-9-17(10-12-24)25-16-7-5-4-6-8-16;/h5-8,17,22H,9-12H2,1-3H3,(H3,20,21,23);/q-1;/p+1/b14-13-,22-19?;. The summed E-state index contributed by atoms with van der Waals surface area (Å²) in [5, 5.41) is 14.4. The average molecular weight is 520 g/mol. The number of piperidine rings is 1. The maximum Gasteiger partial charge on any atom is 0.319 e. The fourth-order valence-electron chi connectivity index (χ4n) is 2.72. The number of hydrogen-bond donors (Lipinski definition) is 3. The average Bonchev–Trinajstić information content (AvgIpc) is 2.60. The molecule has 2 rings (SSSR count). The Kier molecular flexibility index (Phi) is 8.92. The topological polar surface area (TPSA) is 100 Å². The summed E-state index contributed by atoms with van der Waals surface area (Å²) in [5.74, 6) is 2.13. The van der Waals surface area contributed by atoms with Crippen LogP contribution >= 0.6 is 0 Å². The molecule has 0 radical (unpaired) electrons. The minimum Gasteiger partial charge on any atom is -0.516 e. The van der Waals surface area contributed by atoms with E-state index in [1.807, 2.05) is 38.1 Å². The van der Waals surface area contributed by atoms with Gasteiger partial charge in [-0.15, -0.1) is 12.1 Å². The molecule has 7 heteroatoms. The molecule has 138 valence electrons. The van der Waals surface area contributed by atoms with Gasteiger partial charge in [0.2, 0.25) is 5.84 Å². The van der Waals surface area contributed by atoms with Crippen molar-refractivity contribution in [3.05, 3.63) is 41.5 Å². The number of nitrogens with zero attached hydrogens (tertiary/aromatic N) is 2. The molecule has 1 saturated heterocycles. The van der Waals surface area contributed by atoms with Gasteiger partial charge >= 0.3 is 5.84 Å². The largest absolute Gasteiger partial charge is 0.516 e. The zero-order chi connectivity index (χ0) is 18.4. The monoisotopic (exact) mass is 521 g/mol. The molecule has 1 aromatic carbocycles. The van der Waals surface area contributed by atoms with Gasteiger partial charge in [0.25, 0.3) is 0 Å². The van der Waals surface area contributed by atoms with Gasteiger partial charge in [-0.1, -0.05) is 0 Å². The van der Waals surface area contributed by atoms with Crippen molar-refractivity contribution in [2.45, 2.75) is 39.7 Å². The molecule has 1 aliphatic heterocycles. The number of amidine groups is 3. The molecule has 0 saturated carbocycles. The van der Waals surface area contributed by atoms with Gasteiger partial charge in [0, 0.05) is 75.6 Å². The van der Waals surface area contributed by atoms with Gasteiger partial charge in [0.05, 0.1) is 6.10 Å². The Morgan fingerprint density at radius 2 is 1.81 bits per heavy atom. The quantitative estimate of drug-likeness (QED) is 0.241. The third-order valence-electron chi connectivity index (χ3n) is 4.35. The predicted octanol–water partition coefficient (Wildman–Crippen LogP) is 1.18. The molecule has 1 heterocycles. The summed E-state index contributed by atoms with van der Waals surface area (Å²) in [6.45, 7) is 7.03. The van der Waals surface area contributed by atoms with E-state index in [0.29, 0.717) is 17.5 Å². The molecule has 0 spiro atoms. The first kappa shape index (κ1) is 22.3. The number of nitrogens with two attached hydrogens (primary N) is 2. The maximum absolute atomic E-state index is 8.46. The van der Waals surface area contributed by atoms with Crippen LogP contribution in [0.4, 0.5) is 0 Å². The number of rotatable bonds is 4. The van der Waals surface area contributed by atoms with Crippen LogP contribution in [-0.2, 0) is 25.8 Å². The molecule has 0 atom stereocenters. The zero-order valence-electron chi connectivity index (χ0n) is 15.7. The fraction of sp³-hybridized carbons (Fsp3) is 0.421. The molecule has 6 nitrogen and oxygen atoms in total. The molecular weight excluding hydrogens is 493 g/mol. The van der Waals surface area contributed by atoms with Gasteiger partial charge in [-0.3, -0.25) is 10.8 Å². The van der Waals surface area contributed by atoms with Crippen LogP contribution in [0, 0.1) is 11.5 Å². The van der Waals surface area contributed by atoms with Crippen LogP contribution in [-0.4, -0.2) is 41.6 Å². The molecule has 0 bridgehead atoms. The number of nitrogens with one attached hydrogen (secondary N) is 1. The van der Waals surface area contributed by atoms with Gasteiger partial charge in [0.1, 0.15) is 5.84 Å². The van der Waals surface area contributed by atoms with Crippen molar-refractivity contribution >= 4 is 17.5 Å². The smallest absolute Gasteiger partial charge is 0.319 e. The third kappa shape index (κ3) is 6.20. The van der Waals surface area contributed by atoms with E-state index in [2.05, 4.69) is 16.0 Å². The van der Waals surface area contributed by atoms with Crippen molar-refractivity contribution in [2.75, 3.05) is 13.1 Å². The summed E-state index contributed by atoms with van der Waals surface area (Å²) in [5.41, 5.74) is 7.18. The van der Waals surface area contributed by atoms with Crippen LogP contribution < -0.4 is 15.9 Å². The Morgan fingerprint density at radius 1 is 1.23 bits per heavy atom. The molecule has 0 unspecified atom stereocenters. The number of benzene rings is 1. The van der Waals surface area contributed by atoms with Gasteiger partial charge in [0.15, 0.2) is 0 Å². The van der Waals surface area contributed by atoms with Crippen molar-refractivity contribution < 1.29 is 36.0 Å². The van der Waals surface area contributed by atoms with Crippen molar-refractivity contribution in [1.29, 1.82) is 5.41 Å². The fourth-order valence-corrected chi connectivity index (χ4v) is 2.72. The number of hydrogen-bond acceptors (Lipinski definition) is 2. The first-order valence-corrected chi connectivity index (χ1v) is 8.46.